The number of piperidine rings is 1. The zero-order valence-electron chi connectivity index (χ0n) is 10.8. The molecule has 0 aliphatic carbocycles. The Morgan fingerprint density at radius 1 is 1.58 bits per heavy atom. The summed E-state index contributed by atoms with van der Waals surface area (Å²) < 4.78 is 14.6. The molecule has 1 aliphatic rings. The molecule has 0 bridgehead atoms. The summed E-state index contributed by atoms with van der Waals surface area (Å²) in [6.45, 7) is 3.23. The minimum atomic E-state index is -0.722. The van der Waals surface area contributed by atoms with Crippen molar-refractivity contribution in [1.29, 1.82) is 0 Å². The normalized spacial score (nSPS) is 24.4. The molecule has 1 saturated heterocycles. The number of hydrogen-bond donors (Lipinski definition) is 1. The summed E-state index contributed by atoms with van der Waals surface area (Å²) in [5.41, 5.74) is 0.648. The minimum absolute atomic E-state index is 0.160. The van der Waals surface area contributed by atoms with Gasteiger partial charge in [-0.05, 0) is 44.5 Å². The van der Waals surface area contributed by atoms with Crippen LogP contribution in [0.4, 0.5) is 4.39 Å². The summed E-state index contributed by atoms with van der Waals surface area (Å²) in [6.07, 6.45) is 1.26. The molecule has 0 radical (unpaired) electrons. The number of carboxylic acid groups (broad SMARTS) is 1. The van der Waals surface area contributed by atoms with Crippen molar-refractivity contribution in [3.8, 4) is 0 Å². The highest BCUT2D eigenvalue weighted by atomic mass is 79.9. The third-order valence-corrected chi connectivity index (χ3v) is 4.24. The molecule has 3 nitrogen and oxygen atoms in total. The second-order valence-corrected chi connectivity index (χ2v) is 6.03. The number of aliphatic carboxylic acids is 1. The fourth-order valence-electron chi connectivity index (χ4n) is 2.56. The Kier molecular flexibility index (Phi) is 4.58. The fraction of sp³-hybridized carbons (Fsp3) is 0.500. The predicted octanol–water partition coefficient (Wildman–Crippen LogP) is 3.27. The van der Waals surface area contributed by atoms with E-state index in [9.17, 15) is 9.18 Å². The first kappa shape index (κ1) is 14.5. The molecule has 0 spiro atoms. The summed E-state index contributed by atoms with van der Waals surface area (Å²) in [4.78, 5) is 13.1. The van der Waals surface area contributed by atoms with Gasteiger partial charge in [0, 0.05) is 22.6 Å². The van der Waals surface area contributed by atoms with Crippen molar-refractivity contribution in [3.63, 3.8) is 0 Å². The highest BCUT2D eigenvalue weighted by Gasteiger charge is 2.29. The van der Waals surface area contributed by atoms with E-state index in [1.165, 1.54) is 6.07 Å². The van der Waals surface area contributed by atoms with E-state index in [0.717, 1.165) is 4.47 Å². The summed E-state index contributed by atoms with van der Waals surface area (Å²) in [6, 6.07) is 5.08. The first-order valence-electron chi connectivity index (χ1n) is 6.38. The maximum absolute atomic E-state index is 13.7. The van der Waals surface area contributed by atoms with E-state index >= 15 is 0 Å². The molecular weight excluding hydrogens is 313 g/mol. The van der Waals surface area contributed by atoms with Crippen molar-refractivity contribution in [3.05, 3.63) is 34.1 Å². The number of hydrogen-bond acceptors (Lipinski definition) is 2. The smallest absolute Gasteiger partial charge is 0.306 e. The Morgan fingerprint density at radius 2 is 2.32 bits per heavy atom. The van der Waals surface area contributed by atoms with Gasteiger partial charge in [0.05, 0.1) is 5.92 Å². The average Bonchev–Trinajstić information content (AvgIpc) is 2.36. The van der Waals surface area contributed by atoms with E-state index in [2.05, 4.69) is 20.8 Å². The summed E-state index contributed by atoms with van der Waals surface area (Å²) in [7, 11) is 0. The lowest BCUT2D eigenvalue weighted by atomic mass is 9.91. The number of halogens is 2. The van der Waals surface area contributed by atoms with E-state index in [0.29, 0.717) is 31.5 Å². The fourth-order valence-corrected chi connectivity index (χ4v) is 2.97. The van der Waals surface area contributed by atoms with Gasteiger partial charge in [0.25, 0.3) is 0 Å². The summed E-state index contributed by atoms with van der Waals surface area (Å²) in [5, 5.41) is 9.03. The SMILES string of the molecule is CC1CC(C(=O)O)CCN1Cc1cc(Br)ccc1F. The van der Waals surface area contributed by atoms with Gasteiger partial charge in [-0.3, -0.25) is 9.69 Å². The molecular formula is C14H17BrFNO2. The molecule has 1 heterocycles. The maximum atomic E-state index is 13.7. The standard InChI is InChI=1S/C14H17BrFNO2/c1-9-6-10(14(18)19)4-5-17(9)8-11-7-12(15)2-3-13(11)16/h2-3,7,9-10H,4-6,8H2,1H3,(H,18,19). The monoisotopic (exact) mass is 329 g/mol. The molecule has 2 unspecified atom stereocenters. The topological polar surface area (TPSA) is 40.5 Å². The molecule has 1 aliphatic heterocycles. The quantitative estimate of drug-likeness (QED) is 0.925. The van der Waals surface area contributed by atoms with Crippen molar-refractivity contribution < 1.29 is 14.3 Å². The molecule has 1 aromatic carbocycles. The molecule has 1 N–H and O–H groups in total. The van der Waals surface area contributed by atoms with Crippen molar-refractivity contribution in [2.45, 2.75) is 32.4 Å². The van der Waals surface area contributed by atoms with E-state index in [-0.39, 0.29) is 17.8 Å². The number of rotatable bonds is 3. The van der Waals surface area contributed by atoms with Crippen LogP contribution in [0.5, 0.6) is 0 Å². The van der Waals surface area contributed by atoms with Gasteiger partial charge in [0.1, 0.15) is 5.82 Å². The number of likely N-dealkylation sites (tertiary alicyclic amines) is 1. The van der Waals surface area contributed by atoms with Gasteiger partial charge in [0.2, 0.25) is 0 Å². The zero-order valence-corrected chi connectivity index (χ0v) is 12.4. The maximum Gasteiger partial charge on any atom is 0.306 e. The van der Waals surface area contributed by atoms with Crippen molar-refractivity contribution in [2.75, 3.05) is 6.54 Å². The lowest BCUT2D eigenvalue weighted by Gasteiger charge is -2.36. The van der Waals surface area contributed by atoms with Crippen LogP contribution in [-0.4, -0.2) is 28.6 Å². The molecule has 2 atom stereocenters. The predicted molar refractivity (Wildman–Crippen MR) is 74.3 cm³/mol. The Labute approximate surface area is 120 Å². The molecule has 0 aromatic heterocycles. The molecule has 1 aromatic rings. The molecule has 0 amide bonds. The highest BCUT2D eigenvalue weighted by molar-refractivity contribution is 9.10. The lowest BCUT2D eigenvalue weighted by Crippen LogP contribution is -2.42. The van der Waals surface area contributed by atoms with Crippen molar-refractivity contribution >= 4 is 21.9 Å². The van der Waals surface area contributed by atoms with Gasteiger partial charge < -0.3 is 5.11 Å². The van der Waals surface area contributed by atoms with Crippen LogP contribution < -0.4 is 0 Å². The molecule has 5 heteroatoms. The van der Waals surface area contributed by atoms with Crippen molar-refractivity contribution in [2.24, 2.45) is 5.92 Å². The Hall–Kier alpha value is -0.940. The first-order chi connectivity index (χ1) is 8.97. The average molecular weight is 330 g/mol. The van der Waals surface area contributed by atoms with Gasteiger partial charge in [-0.15, -0.1) is 0 Å². The van der Waals surface area contributed by atoms with Crippen LogP contribution in [0.3, 0.4) is 0 Å². The van der Waals surface area contributed by atoms with Gasteiger partial charge in [-0.2, -0.15) is 0 Å². The summed E-state index contributed by atoms with van der Waals surface area (Å²) >= 11 is 3.34. The lowest BCUT2D eigenvalue weighted by molar-refractivity contribution is -0.144. The molecule has 104 valence electrons. The van der Waals surface area contributed by atoms with E-state index in [1.54, 1.807) is 12.1 Å². The minimum Gasteiger partial charge on any atom is -0.481 e. The molecule has 2 rings (SSSR count). The van der Waals surface area contributed by atoms with Crippen LogP contribution in [0.1, 0.15) is 25.3 Å². The Morgan fingerprint density at radius 3 is 2.95 bits per heavy atom. The number of benzene rings is 1. The Bertz CT molecular complexity index is 481. The second-order valence-electron chi connectivity index (χ2n) is 5.11. The number of nitrogens with zero attached hydrogens (tertiary/aromatic N) is 1. The highest BCUT2D eigenvalue weighted by Crippen LogP contribution is 2.26. The van der Waals surface area contributed by atoms with E-state index in [4.69, 9.17) is 5.11 Å². The van der Waals surface area contributed by atoms with Crippen LogP contribution in [0.25, 0.3) is 0 Å². The van der Waals surface area contributed by atoms with Crippen LogP contribution in [0, 0.1) is 11.7 Å². The van der Waals surface area contributed by atoms with Gasteiger partial charge in [0.15, 0.2) is 0 Å². The molecule has 0 saturated carbocycles. The first-order valence-corrected chi connectivity index (χ1v) is 7.17. The largest absolute Gasteiger partial charge is 0.481 e. The van der Waals surface area contributed by atoms with Gasteiger partial charge in [-0.1, -0.05) is 15.9 Å². The van der Waals surface area contributed by atoms with Gasteiger partial charge >= 0.3 is 5.97 Å². The third kappa shape index (κ3) is 3.54. The van der Waals surface area contributed by atoms with Crippen LogP contribution in [-0.2, 0) is 11.3 Å². The van der Waals surface area contributed by atoms with E-state index < -0.39 is 5.97 Å². The second kappa shape index (κ2) is 6.01. The molecule has 1 fully saturated rings. The van der Waals surface area contributed by atoms with Gasteiger partial charge in [-0.25, -0.2) is 4.39 Å². The third-order valence-electron chi connectivity index (χ3n) is 3.74. The van der Waals surface area contributed by atoms with Crippen molar-refractivity contribution in [1.82, 2.24) is 4.90 Å². The van der Waals surface area contributed by atoms with E-state index in [1.807, 2.05) is 6.92 Å². The van der Waals surface area contributed by atoms with Crippen LogP contribution in [0.2, 0.25) is 0 Å². The molecule has 19 heavy (non-hydrogen) atoms. The van der Waals surface area contributed by atoms with Crippen LogP contribution in [0.15, 0.2) is 22.7 Å². The summed E-state index contributed by atoms with van der Waals surface area (Å²) in [5.74, 6) is -1.20. The zero-order chi connectivity index (χ0) is 14.0. The Balaban J connectivity index is 2.04. The van der Waals surface area contributed by atoms with Crippen LogP contribution >= 0.6 is 15.9 Å². The number of carbonyl (C=O) groups is 1. The number of carboxylic acids is 1.